The summed E-state index contributed by atoms with van der Waals surface area (Å²) in [6.07, 6.45) is 0. The second-order valence-corrected chi connectivity index (χ2v) is 6.08. The minimum atomic E-state index is -0.335. The number of rotatable bonds is 3. The Morgan fingerprint density at radius 3 is 2.26 bits per heavy atom. The maximum absolute atomic E-state index is 12.8. The van der Waals surface area contributed by atoms with Crippen LogP contribution >= 0.6 is 0 Å². The predicted molar refractivity (Wildman–Crippen MR) is 76.0 cm³/mol. The number of ether oxygens (including phenoxy) is 1. The van der Waals surface area contributed by atoms with Gasteiger partial charge in [0.1, 0.15) is 0 Å². The van der Waals surface area contributed by atoms with Crippen LogP contribution < -0.4 is 0 Å². The summed E-state index contributed by atoms with van der Waals surface area (Å²) in [6, 6.07) is 9.93. The van der Waals surface area contributed by atoms with Crippen molar-refractivity contribution < 1.29 is 9.53 Å². The van der Waals surface area contributed by atoms with Crippen molar-refractivity contribution >= 4 is 5.78 Å². The van der Waals surface area contributed by atoms with Crippen molar-refractivity contribution in [3.63, 3.8) is 0 Å². The lowest BCUT2D eigenvalue weighted by Gasteiger charge is -2.36. The SMILES string of the molecule is CC(C)(C)C(=O)[C@@H](c1ccccc1)N1CCOCC1. The van der Waals surface area contributed by atoms with Crippen LogP contribution in [0.3, 0.4) is 0 Å². The molecule has 0 radical (unpaired) electrons. The van der Waals surface area contributed by atoms with Crippen LogP contribution in [0.5, 0.6) is 0 Å². The zero-order chi connectivity index (χ0) is 13.9. The van der Waals surface area contributed by atoms with E-state index in [1.54, 1.807) is 0 Å². The highest BCUT2D eigenvalue weighted by Crippen LogP contribution is 2.30. The first-order valence-electron chi connectivity index (χ1n) is 6.91. The number of carbonyl (C=O) groups excluding carboxylic acids is 1. The highest BCUT2D eigenvalue weighted by atomic mass is 16.5. The lowest BCUT2D eigenvalue weighted by molar-refractivity contribution is -0.134. The minimum Gasteiger partial charge on any atom is -0.379 e. The second kappa shape index (κ2) is 5.85. The van der Waals surface area contributed by atoms with E-state index in [9.17, 15) is 4.79 Å². The van der Waals surface area contributed by atoms with Crippen LogP contribution in [-0.4, -0.2) is 37.0 Å². The average Bonchev–Trinajstić information content (AvgIpc) is 2.40. The second-order valence-electron chi connectivity index (χ2n) is 6.08. The molecule has 1 aromatic rings. The number of hydrogen-bond acceptors (Lipinski definition) is 3. The Bertz CT molecular complexity index is 416. The van der Waals surface area contributed by atoms with Crippen molar-refractivity contribution in [3.8, 4) is 0 Å². The van der Waals surface area contributed by atoms with E-state index in [1.165, 1.54) is 0 Å². The minimum absolute atomic E-state index is 0.148. The molecule has 1 heterocycles. The van der Waals surface area contributed by atoms with E-state index in [-0.39, 0.29) is 17.2 Å². The zero-order valence-electron chi connectivity index (χ0n) is 12.1. The molecule has 3 heteroatoms. The summed E-state index contributed by atoms with van der Waals surface area (Å²) in [7, 11) is 0. The molecule has 1 aromatic carbocycles. The number of ketones is 1. The van der Waals surface area contributed by atoms with E-state index in [2.05, 4.69) is 4.90 Å². The fourth-order valence-corrected chi connectivity index (χ4v) is 2.41. The van der Waals surface area contributed by atoms with E-state index in [1.807, 2.05) is 51.1 Å². The van der Waals surface area contributed by atoms with Gasteiger partial charge < -0.3 is 4.74 Å². The molecule has 0 spiro atoms. The van der Waals surface area contributed by atoms with Crippen molar-refractivity contribution in [2.24, 2.45) is 5.41 Å². The van der Waals surface area contributed by atoms with Crippen LogP contribution in [0.4, 0.5) is 0 Å². The molecule has 0 bridgehead atoms. The lowest BCUT2D eigenvalue weighted by atomic mass is 9.83. The third-order valence-corrected chi connectivity index (χ3v) is 3.51. The summed E-state index contributed by atoms with van der Waals surface area (Å²) in [4.78, 5) is 15.0. The van der Waals surface area contributed by atoms with Gasteiger partial charge in [0.2, 0.25) is 0 Å². The molecule has 1 aliphatic heterocycles. The summed E-state index contributed by atoms with van der Waals surface area (Å²) in [6.45, 7) is 9.04. The summed E-state index contributed by atoms with van der Waals surface area (Å²) in [5.74, 6) is 0.278. The van der Waals surface area contributed by atoms with Gasteiger partial charge >= 0.3 is 0 Å². The number of hydrogen-bond donors (Lipinski definition) is 0. The van der Waals surface area contributed by atoms with E-state index in [0.29, 0.717) is 13.2 Å². The Hall–Kier alpha value is -1.19. The highest BCUT2D eigenvalue weighted by Gasteiger charge is 2.35. The number of carbonyl (C=O) groups is 1. The molecular formula is C16H23NO2. The molecule has 1 fully saturated rings. The molecule has 1 saturated heterocycles. The molecular weight excluding hydrogens is 238 g/mol. The molecule has 104 valence electrons. The van der Waals surface area contributed by atoms with Gasteiger partial charge in [-0.15, -0.1) is 0 Å². The van der Waals surface area contributed by atoms with Gasteiger partial charge in [-0.3, -0.25) is 9.69 Å². The molecule has 1 aliphatic rings. The number of Topliss-reactive ketones (excluding diaryl/α,β-unsaturated/α-hetero) is 1. The van der Waals surface area contributed by atoms with Gasteiger partial charge in [0.05, 0.1) is 19.3 Å². The average molecular weight is 261 g/mol. The number of benzene rings is 1. The van der Waals surface area contributed by atoms with E-state index in [0.717, 1.165) is 18.7 Å². The summed E-state index contributed by atoms with van der Waals surface area (Å²) in [5.41, 5.74) is 0.753. The fourth-order valence-electron chi connectivity index (χ4n) is 2.41. The monoisotopic (exact) mass is 261 g/mol. The highest BCUT2D eigenvalue weighted by molar-refractivity contribution is 5.89. The van der Waals surface area contributed by atoms with Gasteiger partial charge in [-0.25, -0.2) is 0 Å². The summed E-state index contributed by atoms with van der Waals surface area (Å²) in [5, 5.41) is 0. The lowest BCUT2D eigenvalue weighted by Crippen LogP contribution is -2.45. The van der Waals surface area contributed by atoms with Gasteiger partial charge in [0, 0.05) is 18.5 Å². The Morgan fingerprint density at radius 2 is 1.74 bits per heavy atom. The number of nitrogens with zero attached hydrogens (tertiary/aromatic N) is 1. The fraction of sp³-hybridized carbons (Fsp3) is 0.562. The molecule has 2 rings (SSSR count). The zero-order valence-corrected chi connectivity index (χ0v) is 12.1. The van der Waals surface area contributed by atoms with Crippen molar-refractivity contribution in [2.75, 3.05) is 26.3 Å². The standard InChI is InChI=1S/C16H23NO2/c1-16(2,3)15(18)14(13-7-5-4-6-8-13)17-9-11-19-12-10-17/h4-8,14H,9-12H2,1-3H3/t14-/m1/s1. The number of morpholine rings is 1. The first kappa shape index (κ1) is 14.2. The first-order chi connectivity index (χ1) is 9.00. The van der Waals surface area contributed by atoms with Crippen LogP contribution in [0.2, 0.25) is 0 Å². The van der Waals surface area contributed by atoms with Gasteiger partial charge in [-0.05, 0) is 5.56 Å². The molecule has 0 aromatic heterocycles. The van der Waals surface area contributed by atoms with Gasteiger partial charge in [-0.2, -0.15) is 0 Å². The Morgan fingerprint density at radius 1 is 1.16 bits per heavy atom. The van der Waals surface area contributed by atoms with Gasteiger partial charge in [0.15, 0.2) is 5.78 Å². The predicted octanol–water partition coefficient (Wildman–Crippen LogP) is 2.68. The molecule has 0 saturated carbocycles. The summed E-state index contributed by atoms with van der Waals surface area (Å²) < 4.78 is 5.40. The third-order valence-electron chi connectivity index (χ3n) is 3.51. The van der Waals surface area contributed by atoms with Crippen molar-refractivity contribution in [1.29, 1.82) is 0 Å². The summed E-state index contributed by atoms with van der Waals surface area (Å²) >= 11 is 0. The molecule has 0 unspecified atom stereocenters. The van der Waals surface area contributed by atoms with E-state index >= 15 is 0 Å². The van der Waals surface area contributed by atoms with E-state index < -0.39 is 0 Å². The van der Waals surface area contributed by atoms with Crippen LogP contribution in [0.1, 0.15) is 32.4 Å². The van der Waals surface area contributed by atoms with Crippen LogP contribution in [0.25, 0.3) is 0 Å². The molecule has 3 nitrogen and oxygen atoms in total. The molecule has 19 heavy (non-hydrogen) atoms. The van der Waals surface area contributed by atoms with Crippen molar-refractivity contribution in [3.05, 3.63) is 35.9 Å². The molecule has 1 atom stereocenters. The Labute approximate surface area is 115 Å². The third kappa shape index (κ3) is 3.43. The van der Waals surface area contributed by atoms with Gasteiger partial charge in [-0.1, -0.05) is 51.1 Å². The quantitative estimate of drug-likeness (QED) is 0.838. The topological polar surface area (TPSA) is 29.5 Å². The van der Waals surface area contributed by atoms with Gasteiger partial charge in [0.25, 0.3) is 0 Å². The van der Waals surface area contributed by atoms with Crippen LogP contribution in [-0.2, 0) is 9.53 Å². The maximum atomic E-state index is 12.8. The maximum Gasteiger partial charge on any atom is 0.159 e. The largest absolute Gasteiger partial charge is 0.379 e. The molecule has 0 amide bonds. The Kier molecular flexibility index (Phi) is 4.38. The molecule has 0 N–H and O–H groups in total. The van der Waals surface area contributed by atoms with Crippen molar-refractivity contribution in [1.82, 2.24) is 4.90 Å². The molecule has 0 aliphatic carbocycles. The first-order valence-corrected chi connectivity index (χ1v) is 6.91. The van der Waals surface area contributed by atoms with Crippen LogP contribution in [0.15, 0.2) is 30.3 Å². The van der Waals surface area contributed by atoms with Crippen molar-refractivity contribution in [2.45, 2.75) is 26.8 Å². The smallest absolute Gasteiger partial charge is 0.159 e. The van der Waals surface area contributed by atoms with E-state index in [4.69, 9.17) is 4.74 Å². The normalized spacial score (nSPS) is 19.1. The Balaban J connectivity index is 2.30. The van der Waals surface area contributed by atoms with Crippen LogP contribution in [0, 0.1) is 5.41 Å².